The highest BCUT2D eigenvalue weighted by atomic mass is 19.1. The second-order valence-electron chi connectivity index (χ2n) is 6.77. The fourth-order valence-corrected chi connectivity index (χ4v) is 3.47. The van der Waals surface area contributed by atoms with Gasteiger partial charge in [0, 0.05) is 47.2 Å². The van der Waals surface area contributed by atoms with Crippen molar-refractivity contribution in [3.8, 4) is 33.8 Å². The molecule has 0 amide bonds. The maximum Gasteiger partial charge on any atom is 0.123 e. The second-order valence-corrected chi connectivity index (χ2v) is 6.77. The second kappa shape index (κ2) is 6.46. The fourth-order valence-electron chi connectivity index (χ4n) is 3.47. The van der Waals surface area contributed by atoms with Gasteiger partial charge in [-0.1, -0.05) is 6.07 Å². The summed E-state index contributed by atoms with van der Waals surface area (Å²) >= 11 is 0. The summed E-state index contributed by atoms with van der Waals surface area (Å²) < 4.78 is 15.1. The predicted molar refractivity (Wildman–Crippen MR) is 109 cm³/mol. The lowest BCUT2D eigenvalue weighted by Crippen LogP contribution is -1.93. The van der Waals surface area contributed by atoms with Crippen LogP contribution in [0.2, 0.25) is 0 Å². The molecule has 0 aliphatic heterocycles. The van der Waals surface area contributed by atoms with Gasteiger partial charge in [-0.15, -0.1) is 0 Å². The van der Waals surface area contributed by atoms with E-state index < -0.39 is 0 Å². The lowest BCUT2D eigenvalue weighted by molar-refractivity contribution is 0.628. The number of aromatic nitrogens is 4. The molecule has 0 spiro atoms. The summed E-state index contributed by atoms with van der Waals surface area (Å²) in [6.07, 6.45) is 3.57. The van der Waals surface area contributed by atoms with Crippen LogP contribution in [-0.4, -0.2) is 19.7 Å². The molecule has 3 heterocycles. The van der Waals surface area contributed by atoms with Gasteiger partial charge in [0.2, 0.25) is 0 Å². The average molecular weight is 368 g/mol. The van der Waals surface area contributed by atoms with Crippen LogP contribution in [-0.2, 0) is 7.05 Å². The van der Waals surface area contributed by atoms with Crippen molar-refractivity contribution in [3.63, 3.8) is 0 Å². The first-order chi connectivity index (χ1) is 13.7. The third kappa shape index (κ3) is 2.87. The molecule has 3 aromatic heterocycles. The zero-order valence-electron chi connectivity index (χ0n) is 15.2. The van der Waals surface area contributed by atoms with Gasteiger partial charge in [-0.2, -0.15) is 5.10 Å². The molecule has 136 valence electrons. The van der Waals surface area contributed by atoms with Crippen LogP contribution in [0.4, 0.5) is 4.39 Å². The summed E-state index contributed by atoms with van der Waals surface area (Å²) in [6, 6.07) is 20.9. The average Bonchev–Trinajstić information content (AvgIpc) is 3.32. The first-order valence-electron chi connectivity index (χ1n) is 9.01. The van der Waals surface area contributed by atoms with E-state index in [0.717, 1.165) is 44.7 Å². The molecule has 0 radical (unpaired) electrons. The van der Waals surface area contributed by atoms with Crippen LogP contribution >= 0.6 is 0 Å². The number of H-pyrrole nitrogens is 1. The van der Waals surface area contributed by atoms with E-state index in [1.165, 1.54) is 12.1 Å². The minimum absolute atomic E-state index is 0.234. The van der Waals surface area contributed by atoms with E-state index in [1.54, 1.807) is 18.3 Å². The van der Waals surface area contributed by atoms with E-state index in [-0.39, 0.29) is 5.82 Å². The number of nitrogens with one attached hydrogen (secondary N) is 1. The zero-order chi connectivity index (χ0) is 19.1. The topological polar surface area (TPSA) is 46.5 Å². The van der Waals surface area contributed by atoms with Gasteiger partial charge in [-0.25, -0.2) is 4.39 Å². The Hall–Kier alpha value is -3.73. The fraction of sp³-hybridized carbons (Fsp3) is 0.0435. The number of rotatable bonds is 3. The minimum atomic E-state index is -0.234. The largest absolute Gasteiger partial charge is 0.355 e. The molecule has 0 bridgehead atoms. The van der Waals surface area contributed by atoms with Crippen molar-refractivity contribution in [3.05, 3.63) is 84.9 Å². The number of benzene rings is 2. The van der Waals surface area contributed by atoms with E-state index in [0.29, 0.717) is 0 Å². The first-order valence-corrected chi connectivity index (χ1v) is 9.01. The molecular formula is C23H17FN4. The highest BCUT2D eigenvalue weighted by Crippen LogP contribution is 2.30. The Morgan fingerprint density at radius 3 is 2.50 bits per heavy atom. The van der Waals surface area contributed by atoms with Gasteiger partial charge in [0.15, 0.2) is 0 Å². The molecule has 0 aliphatic carbocycles. The third-order valence-electron chi connectivity index (χ3n) is 4.91. The van der Waals surface area contributed by atoms with Crippen molar-refractivity contribution in [2.45, 2.75) is 0 Å². The minimum Gasteiger partial charge on any atom is -0.355 e. The number of fused-ring (bicyclic) bond motifs is 1. The summed E-state index contributed by atoms with van der Waals surface area (Å²) in [4.78, 5) is 7.58. The van der Waals surface area contributed by atoms with Crippen molar-refractivity contribution in [1.82, 2.24) is 19.7 Å². The monoisotopic (exact) mass is 368 g/mol. The molecule has 5 rings (SSSR count). The number of pyridine rings is 1. The molecule has 5 aromatic rings. The summed E-state index contributed by atoms with van der Waals surface area (Å²) in [5.74, 6) is -0.234. The van der Waals surface area contributed by atoms with E-state index in [4.69, 9.17) is 0 Å². The number of aryl methyl sites for hydroxylation is 1. The molecule has 5 heteroatoms. The molecule has 4 nitrogen and oxygen atoms in total. The normalized spacial score (nSPS) is 11.2. The third-order valence-corrected chi connectivity index (χ3v) is 4.91. The molecule has 0 aliphatic rings. The van der Waals surface area contributed by atoms with E-state index in [2.05, 4.69) is 45.4 Å². The standard InChI is InChI=1S/C23H17FN4/c1-28-23(13-22(27-28)17-3-2-10-25-14-17)16-6-9-20-18(11-16)12-21(26-20)15-4-7-19(24)8-5-15/h2-14,26H,1H3. The number of hydrogen-bond acceptors (Lipinski definition) is 2. The molecular weight excluding hydrogens is 351 g/mol. The molecule has 28 heavy (non-hydrogen) atoms. The number of aromatic amines is 1. The van der Waals surface area contributed by atoms with Crippen molar-refractivity contribution < 1.29 is 4.39 Å². The van der Waals surface area contributed by atoms with Gasteiger partial charge in [0.1, 0.15) is 5.82 Å². The van der Waals surface area contributed by atoms with E-state index in [9.17, 15) is 4.39 Å². The molecule has 2 aromatic carbocycles. The summed E-state index contributed by atoms with van der Waals surface area (Å²) in [6.45, 7) is 0. The maximum absolute atomic E-state index is 13.2. The predicted octanol–water partition coefficient (Wildman–Crippen LogP) is 5.44. The van der Waals surface area contributed by atoms with Gasteiger partial charge < -0.3 is 4.98 Å². The van der Waals surface area contributed by atoms with Crippen LogP contribution in [0.25, 0.3) is 44.7 Å². The Morgan fingerprint density at radius 2 is 1.71 bits per heavy atom. The van der Waals surface area contributed by atoms with Crippen molar-refractivity contribution >= 4 is 10.9 Å². The number of hydrogen-bond donors (Lipinski definition) is 1. The van der Waals surface area contributed by atoms with Gasteiger partial charge in [0.25, 0.3) is 0 Å². The Bertz CT molecular complexity index is 1270. The van der Waals surface area contributed by atoms with Gasteiger partial charge >= 0.3 is 0 Å². The molecule has 1 N–H and O–H groups in total. The van der Waals surface area contributed by atoms with Gasteiger partial charge in [-0.05, 0) is 66.2 Å². The summed E-state index contributed by atoms with van der Waals surface area (Å²) in [7, 11) is 1.94. The Labute approximate surface area is 161 Å². The zero-order valence-corrected chi connectivity index (χ0v) is 15.2. The van der Waals surface area contributed by atoms with Crippen LogP contribution in [0.5, 0.6) is 0 Å². The molecule has 0 fully saturated rings. The van der Waals surface area contributed by atoms with E-state index in [1.807, 2.05) is 30.1 Å². The van der Waals surface area contributed by atoms with Crippen LogP contribution in [0.3, 0.4) is 0 Å². The Kier molecular flexibility index (Phi) is 3.79. The number of halogens is 1. The van der Waals surface area contributed by atoms with Crippen LogP contribution in [0.1, 0.15) is 0 Å². The van der Waals surface area contributed by atoms with Crippen LogP contribution in [0, 0.1) is 5.82 Å². The highest BCUT2D eigenvalue weighted by Gasteiger charge is 2.11. The molecule has 0 atom stereocenters. The molecule has 0 saturated heterocycles. The summed E-state index contributed by atoms with van der Waals surface area (Å²) in [5, 5.41) is 5.73. The van der Waals surface area contributed by atoms with Crippen molar-refractivity contribution in [2.75, 3.05) is 0 Å². The van der Waals surface area contributed by atoms with Crippen molar-refractivity contribution in [2.24, 2.45) is 7.05 Å². The molecule has 0 unspecified atom stereocenters. The Morgan fingerprint density at radius 1 is 0.893 bits per heavy atom. The van der Waals surface area contributed by atoms with Crippen LogP contribution in [0.15, 0.2) is 79.1 Å². The molecule has 0 saturated carbocycles. The SMILES string of the molecule is Cn1nc(-c2cccnc2)cc1-c1ccc2[nH]c(-c3ccc(F)cc3)cc2c1. The van der Waals surface area contributed by atoms with E-state index >= 15 is 0 Å². The Balaban J connectivity index is 1.55. The lowest BCUT2D eigenvalue weighted by Gasteiger charge is -2.01. The highest BCUT2D eigenvalue weighted by molar-refractivity contribution is 5.89. The van der Waals surface area contributed by atoms with Gasteiger partial charge in [0.05, 0.1) is 11.4 Å². The maximum atomic E-state index is 13.2. The lowest BCUT2D eigenvalue weighted by atomic mass is 10.1. The summed E-state index contributed by atoms with van der Waals surface area (Å²) in [5.41, 5.74) is 6.97. The smallest absolute Gasteiger partial charge is 0.123 e. The number of nitrogens with zero attached hydrogens (tertiary/aromatic N) is 3. The van der Waals surface area contributed by atoms with Crippen molar-refractivity contribution in [1.29, 1.82) is 0 Å². The van der Waals surface area contributed by atoms with Gasteiger partial charge in [-0.3, -0.25) is 9.67 Å². The first kappa shape index (κ1) is 16.4. The van der Waals surface area contributed by atoms with Crippen LogP contribution < -0.4 is 0 Å². The quantitative estimate of drug-likeness (QED) is 0.461.